The van der Waals surface area contributed by atoms with E-state index in [0.29, 0.717) is 5.56 Å². The number of hydrogen-bond donors (Lipinski definition) is 1. The first kappa shape index (κ1) is 22.0. The number of benzene rings is 1. The first-order valence-corrected chi connectivity index (χ1v) is 11.8. The third kappa shape index (κ3) is 6.03. The van der Waals surface area contributed by atoms with Gasteiger partial charge in [0.2, 0.25) is 0 Å². The van der Waals surface area contributed by atoms with Gasteiger partial charge in [0.25, 0.3) is 5.91 Å². The van der Waals surface area contributed by atoms with Gasteiger partial charge in [0.05, 0.1) is 7.11 Å². The highest BCUT2D eigenvalue weighted by Gasteiger charge is 2.33. The molecule has 0 heterocycles. The Balaban J connectivity index is 2.96. The Labute approximate surface area is 158 Å². The normalized spacial score (nSPS) is 12.6. The Morgan fingerprint density at radius 3 is 2.15 bits per heavy atom. The standard InChI is InChI=1S/C21H31NO3Si/c1-15-12-16(2)14-17(13-15)19(23)22-18(20(24)25-6)10-9-11-26(7,8)21(3,4)5/h12-14,18H,10H2,1-8H3,(H,22,23)/t18-/m1/s1. The Bertz CT molecular complexity index is 716. The van der Waals surface area contributed by atoms with Crippen LogP contribution in [0, 0.1) is 25.3 Å². The van der Waals surface area contributed by atoms with Crippen molar-refractivity contribution in [1.29, 1.82) is 0 Å². The molecule has 0 saturated carbocycles. The molecule has 1 amide bonds. The molecule has 0 bridgehead atoms. The second kappa shape index (κ2) is 8.55. The molecule has 26 heavy (non-hydrogen) atoms. The van der Waals surface area contributed by atoms with Gasteiger partial charge in [-0.2, -0.15) is 0 Å². The average Bonchev–Trinajstić information content (AvgIpc) is 2.50. The summed E-state index contributed by atoms with van der Waals surface area (Å²) >= 11 is 0. The fraction of sp³-hybridized carbons (Fsp3) is 0.524. The molecule has 1 atom stereocenters. The van der Waals surface area contributed by atoms with Crippen molar-refractivity contribution in [1.82, 2.24) is 5.32 Å². The van der Waals surface area contributed by atoms with Gasteiger partial charge < -0.3 is 10.1 Å². The Kier molecular flexibility index (Phi) is 7.22. The summed E-state index contributed by atoms with van der Waals surface area (Å²) in [6, 6.07) is 4.83. The molecular weight excluding hydrogens is 342 g/mol. The molecule has 4 nitrogen and oxygen atoms in total. The predicted molar refractivity (Wildman–Crippen MR) is 109 cm³/mol. The molecule has 0 aliphatic heterocycles. The fourth-order valence-corrected chi connectivity index (χ4v) is 3.16. The molecule has 0 radical (unpaired) electrons. The molecule has 1 aromatic carbocycles. The largest absolute Gasteiger partial charge is 0.467 e. The number of carbonyl (C=O) groups excluding carboxylic acids is 2. The summed E-state index contributed by atoms with van der Waals surface area (Å²) < 4.78 is 4.84. The van der Waals surface area contributed by atoms with Gasteiger partial charge in [0.15, 0.2) is 0 Å². The maximum absolute atomic E-state index is 12.5. The molecule has 0 aromatic heterocycles. The lowest BCUT2D eigenvalue weighted by molar-refractivity contribution is -0.142. The first-order chi connectivity index (χ1) is 11.9. The van der Waals surface area contributed by atoms with Crippen LogP contribution in [0.1, 0.15) is 48.7 Å². The maximum Gasteiger partial charge on any atom is 0.329 e. The van der Waals surface area contributed by atoms with E-state index >= 15 is 0 Å². The predicted octanol–water partition coefficient (Wildman–Crippen LogP) is 4.02. The minimum absolute atomic E-state index is 0.142. The topological polar surface area (TPSA) is 55.4 Å². The molecule has 5 heteroatoms. The molecule has 0 spiro atoms. The number of esters is 1. The highest BCUT2D eigenvalue weighted by atomic mass is 28.3. The zero-order chi connectivity index (χ0) is 20.1. The Morgan fingerprint density at radius 1 is 1.15 bits per heavy atom. The number of aryl methyl sites for hydroxylation is 2. The summed E-state index contributed by atoms with van der Waals surface area (Å²) in [7, 11) is -0.442. The van der Waals surface area contributed by atoms with Crippen molar-refractivity contribution in [3.8, 4) is 11.5 Å². The molecule has 1 N–H and O–H groups in total. The van der Waals surface area contributed by atoms with E-state index in [4.69, 9.17) is 4.74 Å². The minimum Gasteiger partial charge on any atom is -0.467 e. The van der Waals surface area contributed by atoms with Gasteiger partial charge >= 0.3 is 5.97 Å². The quantitative estimate of drug-likeness (QED) is 0.493. The number of hydrogen-bond acceptors (Lipinski definition) is 3. The number of carbonyl (C=O) groups is 2. The average molecular weight is 374 g/mol. The lowest BCUT2D eigenvalue weighted by Crippen LogP contribution is -2.41. The summed E-state index contributed by atoms with van der Waals surface area (Å²) in [6.45, 7) is 14.9. The number of rotatable bonds is 4. The molecular formula is C21H31NO3Si. The van der Waals surface area contributed by atoms with Gasteiger partial charge in [0, 0.05) is 12.0 Å². The molecule has 0 aliphatic rings. The number of ether oxygens (including phenoxy) is 1. The summed E-state index contributed by atoms with van der Waals surface area (Å²) in [4.78, 5) is 24.6. The van der Waals surface area contributed by atoms with Crippen LogP contribution in [-0.4, -0.2) is 33.1 Å². The minimum atomic E-state index is -1.76. The van der Waals surface area contributed by atoms with Crippen LogP contribution < -0.4 is 5.32 Å². The van der Waals surface area contributed by atoms with E-state index in [1.807, 2.05) is 19.9 Å². The highest BCUT2D eigenvalue weighted by Crippen LogP contribution is 2.35. The molecule has 0 saturated heterocycles. The van der Waals surface area contributed by atoms with Crippen molar-refractivity contribution >= 4 is 20.0 Å². The maximum atomic E-state index is 12.5. The first-order valence-electron chi connectivity index (χ1n) is 8.84. The molecule has 0 aliphatic carbocycles. The van der Waals surface area contributed by atoms with E-state index in [-0.39, 0.29) is 17.4 Å². The lowest BCUT2D eigenvalue weighted by atomic mass is 10.1. The highest BCUT2D eigenvalue weighted by molar-refractivity contribution is 6.87. The fourth-order valence-electron chi connectivity index (χ4n) is 2.24. The molecule has 0 unspecified atom stereocenters. The van der Waals surface area contributed by atoms with Crippen LogP contribution in [-0.2, 0) is 9.53 Å². The van der Waals surface area contributed by atoms with Gasteiger partial charge in [-0.05, 0) is 31.0 Å². The molecule has 142 valence electrons. The zero-order valence-corrected chi connectivity index (χ0v) is 18.2. The molecule has 1 aromatic rings. The van der Waals surface area contributed by atoms with Gasteiger partial charge in [-0.1, -0.05) is 51.1 Å². The van der Waals surface area contributed by atoms with E-state index in [2.05, 4.69) is 50.6 Å². The van der Waals surface area contributed by atoms with Crippen LogP contribution in [0.5, 0.6) is 0 Å². The smallest absolute Gasteiger partial charge is 0.329 e. The lowest BCUT2D eigenvalue weighted by Gasteiger charge is -2.31. The third-order valence-corrected chi connectivity index (χ3v) is 9.41. The van der Waals surface area contributed by atoms with Gasteiger partial charge in [-0.25, -0.2) is 4.79 Å². The molecule has 0 fully saturated rings. The van der Waals surface area contributed by atoms with Gasteiger partial charge in [-0.15, -0.1) is 11.5 Å². The van der Waals surface area contributed by atoms with Gasteiger partial charge in [0.1, 0.15) is 14.1 Å². The van der Waals surface area contributed by atoms with Crippen LogP contribution in [0.25, 0.3) is 0 Å². The summed E-state index contributed by atoms with van der Waals surface area (Å²) in [5.74, 6) is 2.35. The summed E-state index contributed by atoms with van der Waals surface area (Å²) in [5, 5.41) is 2.90. The van der Waals surface area contributed by atoms with Crippen molar-refractivity contribution in [2.24, 2.45) is 0 Å². The van der Waals surface area contributed by atoms with Crippen molar-refractivity contribution in [3.63, 3.8) is 0 Å². The Morgan fingerprint density at radius 2 is 1.69 bits per heavy atom. The van der Waals surface area contributed by atoms with Crippen molar-refractivity contribution in [3.05, 3.63) is 34.9 Å². The van der Waals surface area contributed by atoms with Crippen molar-refractivity contribution in [2.45, 2.75) is 65.2 Å². The van der Waals surface area contributed by atoms with Crippen molar-refractivity contribution in [2.75, 3.05) is 7.11 Å². The van der Waals surface area contributed by atoms with Crippen LogP contribution >= 0.6 is 0 Å². The number of methoxy groups -OCH3 is 1. The van der Waals surface area contributed by atoms with E-state index in [0.717, 1.165) is 11.1 Å². The number of nitrogens with one attached hydrogen (secondary N) is 1. The second-order valence-electron chi connectivity index (χ2n) is 8.31. The molecule has 1 rings (SSSR count). The van der Waals surface area contributed by atoms with Crippen LogP contribution in [0.15, 0.2) is 18.2 Å². The summed E-state index contributed by atoms with van der Waals surface area (Å²) in [6.07, 6.45) is 0.246. The monoisotopic (exact) mass is 373 g/mol. The van der Waals surface area contributed by atoms with Crippen LogP contribution in [0.4, 0.5) is 0 Å². The van der Waals surface area contributed by atoms with Crippen LogP contribution in [0.2, 0.25) is 18.1 Å². The SMILES string of the molecule is COC(=O)[C@@H](CC#C[Si](C)(C)C(C)(C)C)NC(=O)c1cc(C)cc(C)c1. The van der Waals surface area contributed by atoms with E-state index in [1.54, 1.807) is 12.1 Å². The van der Waals surface area contributed by atoms with E-state index in [9.17, 15) is 9.59 Å². The van der Waals surface area contributed by atoms with Crippen molar-refractivity contribution < 1.29 is 14.3 Å². The van der Waals surface area contributed by atoms with E-state index in [1.165, 1.54) is 7.11 Å². The third-order valence-electron chi connectivity index (χ3n) is 4.86. The summed E-state index contributed by atoms with van der Waals surface area (Å²) in [5.41, 5.74) is 5.91. The second-order valence-corrected chi connectivity index (χ2v) is 13.3. The van der Waals surface area contributed by atoms with E-state index < -0.39 is 20.1 Å². The Hall–Kier alpha value is -2.06. The van der Waals surface area contributed by atoms with Gasteiger partial charge in [-0.3, -0.25) is 4.79 Å². The van der Waals surface area contributed by atoms with Crippen LogP contribution in [0.3, 0.4) is 0 Å². The number of amides is 1. The zero-order valence-electron chi connectivity index (χ0n) is 17.2.